The zero-order chi connectivity index (χ0) is 46.9. The molecule has 0 N–H and O–H groups in total. The number of sulfonamides is 4. The van der Waals surface area contributed by atoms with Gasteiger partial charge in [-0.1, -0.05) is 0 Å². The van der Waals surface area contributed by atoms with E-state index in [1.807, 2.05) is 0 Å². The van der Waals surface area contributed by atoms with Crippen molar-refractivity contribution >= 4 is 105 Å². The van der Waals surface area contributed by atoms with Crippen LogP contribution >= 0.6 is 0 Å². The molecule has 0 saturated carbocycles. The first-order valence-electron chi connectivity index (χ1n) is 11.0. The minimum Gasteiger partial charge on any atom is -0.421 e. The molecule has 0 aromatic carbocycles. The normalized spacial score (nSPS) is 12.2. The van der Waals surface area contributed by atoms with E-state index < -0.39 is 127 Å². The van der Waals surface area contributed by atoms with Crippen LogP contribution in [-0.4, -0.2) is 156 Å². The van der Waals surface area contributed by atoms with Crippen molar-refractivity contribution in [2.24, 2.45) is 0 Å². The summed E-state index contributed by atoms with van der Waals surface area (Å²) < 4.78 is 276. The number of nitrogens with zero attached hydrogens (tertiary/aromatic N) is 2. The zero-order valence-corrected chi connectivity index (χ0v) is 39.0. The summed E-state index contributed by atoms with van der Waals surface area (Å²) in [5.41, 5.74) is -24.8. The van der Waals surface area contributed by atoms with Crippen molar-refractivity contribution in [3.63, 3.8) is 0 Å². The Morgan fingerprint density at radius 1 is 0.291 bits per heavy atom. The number of halogens is 12. The Balaban J connectivity index is -0.0000000692. The zero-order valence-electron chi connectivity index (χ0n) is 29.6. The summed E-state index contributed by atoms with van der Waals surface area (Å²) in [6.45, 7) is 0. The van der Waals surface area contributed by atoms with Crippen LogP contribution in [-0.2, 0) is 122 Å². The van der Waals surface area contributed by atoms with Gasteiger partial charge in [-0.3, -0.25) is 25.3 Å². The van der Waals surface area contributed by atoms with Gasteiger partial charge < -0.3 is 8.25 Å². The third kappa shape index (κ3) is 63.7. The molecule has 1 radical (unpaired) electrons. The number of hydrogen-bond acceptors (Lipinski definition) is 14. The molecule has 0 aliphatic heterocycles. The number of alkyl halides is 12. The van der Waals surface area contributed by atoms with E-state index in [0.29, 0.717) is 0 Å². The quantitative estimate of drug-likeness (QED) is 0.288. The van der Waals surface area contributed by atoms with E-state index >= 15 is 0 Å². The fourth-order valence-corrected chi connectivity index (χ4v) is 3.85. The summed E-state index contributed by atoms with van der Waals surface area (Å²) in [4.78, 5) is 0. The van der Waals surface area contributed by atoms with E-state index in [4.69, 9.17) is 0 Å². The molecular weight excluding hydrogens is 1050 g/mol. The minimum absolute atomic E-state index is 0. The Morgan fingerprint density at radius 2 is 0.345 bits per heavy atom. The van der Waals surface area contributed by atoms with Crippen molar-refractivity contribution in [1.29, 1.82) is 0 Å². The number of rotatable bonds is 4. The molecule has 16 nitrogen and oxygen atoms in total. The first-order chi connectivity index (χ1) is 22.8. The van der Waals surface area contributed by atoms with Gasteiger partial charge in [-0.15, -0.1) is 0 Å². The molecule has 0 bridgehead atoms. The van der Waals surface area contributed by atoms with Crippen LogP contribution in [0.3, 0.4) is 0 Å². The topological polar surface area (TPSA) is 267 Å². The maximum atomic E-state index is 11.4. The van der Waals surface area contributed by atoms with Gasteiger partial charge in [0.2, 0.25) is 0 Å². The third-order valence-electron chi connectivity index (χ3n) is 1.56. The van der Waals surface area contributed by atoms with Crippen LogP contribution in [0.4, 0.5) is 52.7 Å². The molecule has 0 amide bonds. The van der Waals surface area contributed by atoms with Gasteiger partial charge in [-0.25, -0.2) is 33.7 Å². The second-order valence-corrected chi connectivity index (χ2v) is 24.0. The van der Waals surface area contributed by atoms with E-state index in [0.717, 1.165) is 8.25 Å². The Bertz CT molecular complexity index is 1360. The minimum atomic E-state index is -6.72. The van der Waals surface area contributed by atoms with Crippen LogP contribution in [0.2, 0.25) is 0 Å². The summed E-state index contributed by atoms with van der Waals surface area (Å²) >= 11 is 0. The van der Waals surface area contributed by atoms with Crippen molar-refractivity contribution in [1.82, 2.24) is 0 Å². The average Bonchev–Trinajstić information content (AvgIpc) is 2.72. The van der Waals surface area contributed by atoms with Gasteiger partial charge in [0.25, 0.3) is 0 Å². The van der Waals surface area contributed by atoms with Gasteiger partial charge in [0.15, 0.2) is 40.1 Å². The molecular formula is C16H36F12MnN2O14S10. The summed E-state index contributed by atoms with van der Waals surface area (Å²) in [5, 5.41) is 0. The van der Waals surface area contributed by atoms with Crippen LogP contribution in [0.5, 0.6) is 0 Å². The molecule has 0 saturated heterocycles. The second-order valence-electron chi connectivity index (χ2n) is 8.28. The van der Waals surface area contributed by atoms with Crippen LogP contribution in [0, 0.1) is 0 Å². The van der Waals surface area contributed by atoms with Crippen LogP contribution in [0.25, 0.3) is 8.25 Å². The molecule has 0 heterocycles. The van der Waals surface area contributed by atoms with E-state index in [9.17, 15) is 112 Å². The van der Waals surface area contributed by atoms with Gasteiger partial charge in [0.05, 0.1) is 0 Å². The molecule has 0 unspecified atom stereocenters. The van der Waals surface area contributed by atoms with Gasteiger partial charge in [0, 0.05) is 140 Å². The van der Waals surface area contributed by atoms with E-state index in [1.165, 1.54) is 0 Å². The maximum absolute atomic E-state index is 11.4. The van der Waals surface area contributed by atoms with Crippen molar-refractivity contribution in [2.75, 3.05) is 75.1 Å². The third-order valence-corrected chi connectivity index (χ3v) is 7.04. The largest absolute Gasteiger partial charge is 2.00 e. The predicted molar refractivity (Wildman–Crippen MR) is 187 cm³/mol. The molecule has 0 aliphatic carbocycles. The Kier molecular flexibility index (Phi) is 45.7. The predicted octanol–water partition coefficient (Wildman–Crippen LogP) is 2.08. The molecule has 0 aromatic rings. The molecule has 0 rings (SSSR count). The van der Waals surface area contributed by atoms with E-state index in [-0.39, 0.29) is 17.1 Å². The first-order valence-corrected chi connectivity index (χ1v) is 28.6. The summed E-state index contributed by atoms with van der Waals surface area (Å²) in [6.07, 6.45) is 19.7. The molecule has 0 aromatic heterocycles. The number of hydrogen-bond donors (Lipinski definition) is 0. The van der Waals surface area contributed by atoms with Crippen molar-refractivity contribution in [3.8, 4) is 0 Å². The Hall–Kier alpha value is 0.299. The van der Waals surface area contributed by atoms with Crippen LogP contribution < -0.4 is 0 Å². The molecule has 55 heavy (non-hydrogen) atoms. The van der Waals surface area contributed by atoms with Crippen LogP contribution in [0.15, 0.2) is 0 Å². The molecule has 0 fully saturated rings. The summed E-state index contributed by atoms with van der Waals surface area (Å²) in [7, 11) is -30.6. The van der Waals surface area contributed by atoms with E-state index in [2.05, 4.69) is 0 Å². The summed E-state index contributed by atoms with van der Waals surface area (Å²) in [5.74, 6) is 0. The first kappa shape index (κ1) is 76.1. The molecule has 345 valence electrons. The van der Waals surface area contributed by atoms with Gasteiger partial charge in [0.1, 0.15) is 0 Å². The smallest absolute Gasteiger partial charge is 0.421 e. The molecule has 0 aliphatic rings. The van der Waals surface area contributed by atoms with E-state index in [1.54, 1.807) is 75.1 Å². The average molecular weight is 1080 g/mol. The SMILES string of the molecule is CS(C)=O.CS(C)=O.CS(C)=O.CS(C)=O.CS(C)=O.CS(C)=O.O=S(=O)([N-]S(=O)(=O)C(F)(F)F)C(F)(F)F.O=S(=O)([N-]S(=O)(=O)C(F)(F)F)C(F)(F)F.[Mn+2]. The van der Waals surface area contributed by atoms with Crippen molar-refractivity contribution < 1.29 is 129 Å². The Labute approximate surface area is 336 Å². The maximum Gasteiger partial charge on any atom is 2.00 e. The van der Waals surface area contributed by atoms with Crippen LogP contribution in [0.1, 0.15) is 0 Å². The molecule has 0 spiro atoms. The fraction of sp³-hybridized carbons (Fsp3) is 1.00. The van der Waals surface area contributed by atoms with Crippen molar-refractivity contribution in [2.45, 2.75) is 22.0 Å². The van der Waals surface area contributed by atoms with Gasteiger partial charge in [-0.2, -0.15) is 52.7 Å². The standard InChI is InChI=1S/2C2F6NO4S2.6C2H6OS.Mn/c2*3-1(4,5)14(10,11)9-15(12,13)2(6,7)8;6*1-4(2)3;/h;;6*1-2H3;/q2*-1;;;;;;;+2. The molecule has 39 heteroatoms. The fourth-order valence-electron chi connectivity index (χ4n) is 0.427. The van der Waals surface area contributed by atoms with Gasteiger partial charge >= 0.3 is 39.1 Å². The molecule has 0 atom stereocenters. The van der Waals surface area contributed by atoms with Gasteiger partial charge in [-0.05, 0) is 0 Å². The summed E-state index contributed by atoms with van der Waals surface area (Å²) in [6, 6.07) is 0. The Morgan fingerprint density at radius 3 is 0.382 bits per heavy atom. The second kappa shape index (κ2) is 33.1. The van der Waals surface area contributed by atoms with Crippen molar-refractivity contribution in [3.05, 3.63) is 8.25 Å². The monoisotopic (exact) mass is 1080 g/mol.